The molecule has 2 unspecified atom stereocenters. The molecule has 156 valence electrons. The number of rotatable bonds is 4. The highest BCUT2D eigenvalue weighted by Crippen LogP contribution is 2.34. The fourth-order valence-corrected chi connectivity index (χ4v) is 4.67. The Morgan fingerprint density at radius 1 is 1.17 bits per heavy atom. The number of alkyl carbamates (subject to hydrolysis) is 1. The van der Waals surface area contributed by atoms with Crippen molar-refractivity contribution in [3.63, 3.8) is 0 Å². The van der Waals surface area contributed by atoms with Crippen molar-refractivity contribution in [1.29, 1.82) is 5.26 Å². The van der Waals surface area contributed by atoms with Crippen molar-refractivity contribution >= 4 is 11.8 Å². The van der Waals surface area contributed by atoms with Crippen molar-refractivity contribution in [3.05, 3.63) is 65.2 Å². The van der Waals surface area contributed by atoms with Crippen molar-refractivity contribution in [2.24, 2.45) is 0 Å². The predicted octanol–water partition coefficient (Wildman–Crippen LogP) is 5.11. The Bertz CT molecular complexity index is 916. The van der Waals surface area contributed by atoms with Crippen LogP contribution in [0.4, 0.5) is 10.5 Å². The summed E-state index contributed by atoms with van der Waals surface area (Å²) < 4.78 is 5.69. The lowest BCUT2D eigenvalue weighted by Gasteiger charge is -2.40. The molecular formula is C25H29N3O2. The zero-order chi connectivity index (χ0) is 20.9. The summed E-state index contributed by atoms with van der Waals surface area (Å²) in [4.78, 5) is 14.9. The molecule has 4 rings (SSSR count). The summed E-state index contributed by atoms with van der Waals surface area (Å²) in [6.07, 6.45) is 5.84. The number of fused-ring (bicyclic) bond motifs is 1. The number of carbonyl (C=O) groups excluding carboxylic acids is 1. The van der Waals surface area contributed by atoms with E-state index in [4.69, 9.17) is 4.74 Å². The van der Waals surface area contributed by atoms with Crippen LogP contribution in [0.5, 0.6) is 0 Å². The van der Waals surface area contributed by atoms with Crippen LogP contribution in [0, 0.1) is 11.3 Å². The van der Waals surface area contributed by atoms with Crippen molar-refractivity contribution in [2.45, 2.75) is 63.6 Å². The van der Waals surface area contributed by atoms with Crippen molar-refractivity contribution < 1.29 is 9.53 Å². The molecule has 5 nitrogen and oxygen atoms in total. The molecule has 1 amide bonds. The minimum absolute atomic E-state index is 0.0409. The fourth-order valence-electron chi connectivity index (χ4n) is 4.67. The normalized spacial score (nSPS) is 20.0. The van der Waals surface area contributed by atoms with Gasteiger partial charge in [-0.1, -0.05) is 36.8 Å². The molecule has 2 aromatic carbocycles. The van der Waals surface area contributed by atoms with Gasteiger partial charge in [0, 0.05) is 12.2 Å². The van der Waals surface area contributed by atoms with Crippen molar-refractivity contribution in [1.82, 2.24) is 5.32 Å². The van der Waals surface area contributed by atoms with Crippen LogP contribution in [0.1, 0.15) is 61.8 Å². The number of ether oxygens (including phenoxy) is 1. The maximum absolute atomic E-state index is 12.6. The number of nitrogens with one attached hydrogen (secondary N) is 1. The van der Waals surface area contributed by atoms with Crippen LogP contribution in [-0.2, 0) is 11.2 Å². The lowest BCUT2D eigenvalue weighted by molar-refractivity contribution is 0.0728. The van der Waals surface area contributed by atoms with E-state index in [0.717, 1.165) is 36.9 Å². The average Bonchev–Trinajstić information content (AvgIpc) is 2.78. The molecule has 0 aromatic heterocycles. The van der Waals surface area contributed by atoms with Gasteiger partial charge in [0.25, 0.3) is 0 Å². The zero-order valence-corrected chi connectivity index (χ0v) is 17.5. The molecular weight excluding hydrogens is 374 g/mol. The van der Waals surface area contributed by atoms with Gasteiger partial charge < -0.3 is 15.0 Å². The third kappa shape index (κ3) is 4.59. The molecule has 1 heterocycles. The monoisotopic (exact) mass is 403 g/mol. The lowest BCUT2D eigenvalue weighted by Crippen LogP contribution is -2.49. The summed E-state index contributed by atoms with van der Waals surface area (Å²) >= 11 is 0. The Hall–Kier alpha value is -3.00. The third-order valence-corrected chi connectivity index (χ3v) is 6.30. The van der Waals surface area contributed by atoms with Crippen molar-refractivity contribution in [3.8, 4) is 6.07 Å². The van der Waals surface area contributed by atoms with Gasteiger partial charge in [-0.15, -0.1) is 0 Å². The van der Waals surface area contributed by atoms with Crippen LogP contribution in [0.2, 0.25) is 0 Å². The second-order valence-electron chi connectivity index (χ2n) is 8.41. The van der Waals surface area contributed by atoms with Crippen LogP contribution in [0.25, 0.3) is 0 Å². The summed E-state index contributed by atoms with van der Waals surface area (Å²) in [5.41, 5.74) is 4.08. The minimum atomic E-state index is -0.320. The maximum atomic E-state index is 12.6. The van der Waals surface area contributed by atoms with E-state index in [1.54, 1.807) is 0 Å². The van der Waals surface area contributed by atoms with E-state index >= 15 is 0 Å². The van der Waals surface area contributed by atoms with E-state index in [-0.39, 0.29) is 24.3 Å². The SMILES string of the molecule is CC(c1ccccc1)N1CC(NC(=O)OC2CCCCC2)Cc2cc(C#N)ccc21. The molecule has 1 aliphatic heterocycles. The average molecular weight is 404 g/mol. The van der Waals surface area contributed by atoms with Crippen LogP contribution in [0.15, 0.2) is 48.5 Å². The quantitative estimate of drug-likeness (QED) is 0.770. The highest BCUT2D eigenvalue weighted by molar-refractivity contribution is 5.69. The number of hydrogen-bond acceptors (Lipinski definition) is 4. The van der Waals surface area contributed by atoms with Gasteiger partial charge in [-0.3, -0.25) is 0 Å². The highest BCUT2D eigenvalue weighted by Gasteiger charge is 2.30. The standard InChI is InChI=1S/C25H29N3O2/c1-18(20-8-4-2-5-9-20)28-17-22(15-21-14-19(16-26)12-13-24(21)28)27-25(29)30-23-10-6-3-7-11-23/h2,4-5,8-9,12-14,18,22-23H,3,6-7,10-11,15,17H2,1H3,(H,27,29). The highest BCUT2D eigenvalue weighted by atomic mass is 16.6. The Labute approximate surface area is 178 Å². The number of carbonyl (C=O) groups is 1. The Morgan fingerprint density at radius 2 is 1.93 bits per heavy atom. The third-order valence-electron chi connectivity index (χ3n) is 6.30. The molecule has 30 heavy (non-hydrogen) atoms. The molecule has 1 aliphatic carbocycles. The Balaban J connectivity index is 1.53. The largest absolute Gasteiger partial charge is 0.446 e. The van der Waals surface area contributed by atoms with E-state index in [1.807, 2.05) is 36.4 Å². The lowest BCUT2D eigenvalue weighted by atomic mass is 9.93. The zero-order valence-electron chi connectivity index (χ0n) is 17.5. The molecule has 1 saturated carbocycles. The topological polar surface area (TPSA) is 65.4 Å². The molecule has 0 spiro atoms. The van der Waals surface area contributed by atoms with Crippen LogP contribution < -0.4 is 10.2 Å². The molecule has 1 N–H and O–H groups in total. The molecule has 5 heteroatoms. The smallest absolute Gasteiger partial charge is 0.407 e. The van der Waals surface area contributed by atoms with E-state index in [1.165, 1.54) is 12.0 Å². The van der Waals surface area contributed by atoms with Gasteiger partial charge >= 0.3 is 6.09 Å². The van der Waals surface area contributed by atoms with Crippen LogP contribution in [-0.4, -0.2) is 24.8 Å². The van der Waals surface area contributed by atoms with Gasteiger partial charge in [-0.05, 0) is 68.4 Å². The summed E-state index contributed by atoms with van der Waals surface area (Å²) in [6, 6.07) is 18.5. The molecule has 0 radical (unpaired) electrons. The summed E-state index contributed by atoms with van der Waals surface area (Å²) in [7, 11) is 0. The first kappa shape index (κ1) is 20.3. The number of amides is 1. The van der Waals surface area contributed by atoms with Crippen LogP contribution >= 0.6 is 0 Å². The first-order chi connectivity index (χ1) is 14.6. The second-order valence-corrected chi connectivity index (χ2v) is 8.41. The van der Waals surface area contributed by atoms with E-state index in [0.29, 0.717) is 18.5 Å². The van der Waals surface area contributed by atoms with E-state index < -0.39 is 0 Å². The number of nitrogens with zero attached hydrogens (tertiary/aromatic N) is 2. The Kier molecular flexibility index (Phi) is 6.23. The number of anilines is 1. The molecule has 1 fully saturated rings. The summed E-state index contributed by atoms with van der Waals surface area (Å²) in [5.74, 6) is 0. The number of benzene rings is 2. The molecule has 0 saturated heterocycles. The summed E-state index contributed by atoms with van der Waals surface area (Å²) in [5, 5.41) is 12.4. The first-order valence-corrected chi connectivity index (χ1v) is 11.0. The molecule has 2 aliphatic rings. The first-order valence-electron chi connectivity index (χ1n) is 11.0. The van der Waals surface area contributed by atoms with E-state index in [9.17, 15) is 10.1 Å². The van der Waals surface area contributed by atoms with Gasteiger partial charge in [0.15, 0.2) is 0 Å². The summed E-state index contributed by atoms with van der Waals surface area (Å²) in [6.45, 7) is 2.88. The minimum Gasteiger partial charge on any atom is -0.446 e. The second kappa shape index (κ2) is 9.21. The maximum Gasteiger partial charge on any atom is 0.407 e. The Morgan fingerprint density at radius 3 is 2.67 bits per heavy atom. The number of hydrogen-bond donors (Lipinski definition) is 1. The van der Waals surface area contributed by atoms with Gasteiger partial charge in [0.1, 0.15) is 6.10 Å². The molecule has 0 bridgehead atoms. The number of nitriles is 1. The van der Waals surface area contributed by atoms with Gasteiger partial charge in [0.05, 0.1) is 23.7 Å². The predicted molar refractivity (Wildman–Crippen MR) is 117 cm³/mol. The molecule has 2 atom stereocenters. The van der Waals surface area contributed by atoms with Gasteiger partial charge in [0.2, 0.25) is 0 Å². The van der Waals surface area contributed by atoms with Gasteiger partial charge in [-0.25, -0.2) is 4.79 Å². The van der Waals surface area contributed by atoms with E-state index in [2.05, 4.69) is 35.3 Å². The fraction of sp³-hybridized carbons (Fsp3) is 0.440. The molecule has 2 aromatic rings. The van der Waals surface area contributed by atoms with Crippen molar-refractivity contribution in [2.75, 3.05) is 11.4 Å². The van der Waals surface area contributed by atoms with Crippen LogP contribution in [0.3, 0.4) is 0 Å². The van der Waals surface area contributed by atoms with Gasteiger partial charge in [-0.2, -0.15) is 5.26 Å².